The lowest BCUT2D eigenvalue weighted by molar-refractivity contribution is -0.137. The zero-order valence-corrected chi connectivity index (χ0v) is 12.5. The highest BCUT2D eigenvalue weighted by Crippen LogP contribution is 2.31. The summed E-state index contributed by atoms with van der Waals surface area (Å²) in [4.78, 5) is 8.17. The number of alkyl halides is 3. The summed E-state index contributed by atoms with van der Waals surface area (Å²) >= 11 is 0. The number of hydrogen-bond donors (Lipinski definition) is 1. The maximum atomic E-state index is 12.8. The number of halogens is 3. The standard InChI is InChI=1S/C17H14F3N3O/c18-17(19,20)14-3-1-2-13(10-14)15(24)11-23-9-8-22-16(23)12-4-6-21-7-5-12/h1-10,15,24H,11H2/t15-/m0/s1. The molecule has 3 aromatic rings. The van der Waals surface area contributed by atoms with Crippen LogP contribution in [0.25, 0.3) is 11.4 Å². The summed E-state index contributed by atoms with van der Waals surface area (Å²) in [6.45, 7) is 0.0962. The second-order valence-corrected chi connectivity index (χ2v) is 5.28. The van der Waals surface area contributed by atoms with Crippen LogP contribution in [0.5, 0.6) is 0 Å². The fourth-order valence-corrected chi connectivity index (χ4v) is 2.43. The normalized spacial score (nSPS) is 13.0. The quantitative estimate of drug-likeness (QED) is 0.792. The first kappa shape index (κ1) is 16.2. The molecule has 0 radical (unpaired) electrons. The van der Waals surface area contributed by atoms with Crippen LogP contribution in [0, 0.1) is 0 Å². The summed E-state index contributed by atoms with van der Waals surface area (Å²) in [6.07, 6.45) is 0.977. The number of rotatable bonds is 4. The predicted molar refractivity (Wildman–Crippen MR) is 81.9 cm³/mol. The molecule has 0 unspecified atom stereocenters. The largest absolute Gasteiger partial charge is 0.416 e. The second kappa shape index (κ2) is 6.45. The molecule has 1 atom stereocenters. The lowest BCUT2D eigenvalue weighted by Crippen LogP contribution is -2.11. The molecule has 24 heavy (non-hydrogen) atoms. The molecule has 2 aromatic heterocycles. The lowest BCUT2D eigenvalue weighted by atomic mass is 10.1. The van der Waals surface area contributed by atoms with Gasteiger partial charge in [-0.25, -0.2) is 4.98 Å². The zero-order chi connectivity index (χ0) is 17.2. The van der Waals surface area contributed by atoms with Gasteiger partial charge in [0.25, 0.3) is 0 Å². The monoisotopic (exact) mass is 333 g/mol. The van der Waals surface area contributed by atoms with Gasteiger partial charge in [-0.1, -0.05) is 12.1 Å². The van der Waals surface area contributed by atoms with Crippen molar-refractivity contribution in [2.45, 2.75) is 18.8 Å². The number of aliphatic hydroxyl groups excluding tert-OH is 1. The molecule has 1 N–H and O–H groups in total. The molecule has 2 heterocycles. The van der Waals surface area contributed by atoms with E-state index >= 15 is 0 Å². The van der Waals surface area contributed by atoms with Gasteiger partial charge in [0.15, 0.2) is 0 Å². The summed E-state index contributed by atoms with van der Waals surface area (Å²) in [5.74, 6) is 0.614. The third-order valence-electron chi connectivity index (χ3n) is 3.62. The maximum absolute atomic E-state index is 12.8. The van der Waals surface area contributed by atoms with Crippen molar-refractivity contribution in [2.24, 2.45) is 0 Å². The van der Waals surface area contributed by atoms with E-state index in [0.29, 0.717) is 5.82 Å². The Balaban J connectivity index is 1.84. The Bertz CT molecular complexity index is 815. The summed E-state index contributed by atoms with van der Waals surface area (Å²) in [7, 11) is 0. The summed E-state index contributed by atoms with van der Waals surface area (Å²) in [5, 5.41) is 10.3. The van der Waals surface area contributed by atoms with Crippen LogP contribution in [0.1, 0.15) is 17.2 Å². The van der Waals surface area contributed by atoms with Crippen LogP contribution in [-0.2, 0) is 12.7 Å². The first-order valence-electron chi connectivity index (χ1n) is 7.22. The third kappa shape index (κ3) is 3.46. The van der Waals surface area contributed by atoms with E-state index in [1.807, 2.05) is 0 Å². The number of aromatic nitrogens is 3. The van der Waals surface area contributed by atoms with E-state index in [2.05, 4.69) is 9.97 Å². The molecule has 0 bridgehead atoms. The van der Waals surface area contributed by atoms with Crippen LogP contribution in [0.4, 0.5) is 13.2 Å². The molecule has 4 nitrogen and oxygen atoms in total. The van der Waals surface area contributed by atoms with Gasteiger partial charge in [-0.05, 0) is 29.8 Å². The summed E-state index contributed by atoms with van der Waals surface area (Å²) in [5.41, 5.74) is 0.240. The van der Waals surface area contributed by atoms with Crippen LogP contribution in [0.3, 0.4) is 0 Å². The van der Waals surface area contributed by atoms with Crippen LogP contribution >= 0.6 is 0 Å². The van der Waals surface area contributed by atoms with Gasteiger partial charge in [-0.15, -0.1) is 0 Å². The number of pyridine rings is 1. The first-order valence-corrected chi connectivity index (χ1v) is 7.22. The maximum Gasteiger partial charge on any atom is 0.416 e. The molecule has 0 aliphatic rings. The molecule has 0 amide bonds. The van der Waals surface area contributed by atoms with Crippen molar-refractivity contribution in [1.82, 2.24) is 14.5 Å². The molecular formula is C17H14F3N3O. The van der Waals surface area contributed by atoms with Gasteiger partial charge in [-0.3, -0.25) is 4.98 Å². The van der Waals surface area contributed by atoms with Crippen molar-refractivity contribution < 1.29 is 18.3 Å². The minimum Gasteiger partial charge on any atom is -0.387 e. The minimum atomic E-state index is -4.44. The van der Waals surface area contributed by atoms with Crippen molar-refractivity contribution in [3.63, 3.8) is 0 Å². The van der Waals surface area contributed by atoms with E-state index in [1.54, 1.807) is 41.5 Å². The minimum absolute atomic E-state index is 0.0962. The number of imidazole rings is 1. The molecule has 3 rings (SSSR count). The van der Waals surface area contributed by atoms with Gasteiger partial charge in [-0.2, -0.15) is 13.2 Å². The second-order valence-electron chi connectivity index (χ2n) is 5.28. The fourth-order valence-electron chi connectivity index (χ4n) is 2.43. The highest BCUT2D eigenvalue weighted by atomic mass is 19.4. The van der Waals surface area contributed by atoms with E-state index in [9.17, 15) is 18.3 Å². The average molecular weight is 333 g/mol. The van der Waals surface area contributed by atoms with Gasteiger partial charge in [0, 0.05) is 30.4 Å². The molecule has 0 saturated heterocycles. The average Bonchev–Trinajstić information content (AvgIpc) is 3.03. The Hall–Kier alpha value is -2.67. The van der Waals surface area contributed by atoms with Crippen molar-refractivity contribution in [3.8, 4) is 11.4 Å². The topological polar surface area (TPSA) is 50.9 Å². The van der Waals surface area contributed by atoms with E-state index < -0.39 is 17.8 Å². The zero-order valence-electron chi connectivity index (χ0n) is 12.5. The van der Waals surface area contributed by atoms with Crippen LogP contribution in [0.2, 0.25) is 0 Å². The molecule has 7 heteroatoms. The molecule has 124 valence electrons. The third-order valence-corrected chi connectivity index (χ3v) is 3.62. The smallest absolute Gasteiger partial charge is 0.387 e. The van der Waals surface area contributed by atoms with E-state index in [1.165, 1.54) is 12.1 Å². The molecule has 0 spiro atoms. The van der Waals surface area contributed by atoms with E-state index in [-0.39, 0.29) is 12.1 Å². The van der Waals surface area contributed by atoms with Gasteiger partial charge in [0.05, 0.1) is 18.2 Å². The fraction of sp³-hybridized carbons (Fsp3) is 0.176. The predicted octanol–water partition coefficient (Wildman–Crippen LogP) is 3.70. The molecule has 0 aliphatic carbocycles. The first-order chi connectivity index (χ1) is 11.4. The van der Waals surface area contributed by atoms with Crippen molar-refractivity contribution in [3.05, 3.63) is 72.3 Å². The Labute approximate surface area is 136 Å². The summed E-state index contributed by atoms with van der Waals surface area (Å²) in [6, 6.07) is 8.26. The lowest BCUT2D eigenvalue weighted by Gasteiger charge is -2.16. The SMILES string of the molecule is O[C@@H](Cn1ccnc1-c1ccncc1)c1cccc(C(F)(F)F)c1. The Morgan fingerprint density at radius 1 is 1.08 bits per heavy atom. The van der Waals surface area contributed by atoms with Crippen molar-refractivity contribution in [1.29, 1.82) is 0 Å². The van der Waals surface area contributed by atoms with E-state index in [4.69, 9.17) is 0 Å². The van der Waals surface area contributed by atoms with Crippen LogP contribution in [-0.4, -0.2) is 19.6 Å². The number of hydrogen-bond acceptors (Lipinski definition) is 3. The van der Waals surface area contributed by atoms with E-state index in [0.717, 1.165) is 17.7 Å². The highest BCUT2D eigenvalue weighted by Gasteiger charge is 2.30. The van der Waals surface area contributed by atoms with Crippen LogP contribution in [0.15, 0.2) is 61.2 Å². The van der Waals surface area contributed by atoms with Gasteiger partial charge in [0.2, 0.25) is 0 Å². The number of benzene rings is 1. The summed E-state index contributed by atoms with van der Waals surface area (Å²) < 4.78 is 40.1. The molecular weight excluding hydrogens is 319 g/mol. The van der Waals surface area contributed by atoms with Gasteiger partial charge >= 0.3 is 6.18 Å². The highest BCUT2D eigenvalue weighted by molar-refractivity contribution is 5.54. The Morgan fingerprint density at radius 3 is 2.54 bits per heavy atom. The Kier molecular flexibility index (Phi) is 4.35. The molecule has 0 saturated carbocycles. The van der Waals surface area contributed by atoms with Crippen molar-refractivity contribution >= 4 is 0 Å². The Morgan fingerprint density at radius 2 is 1.83 bits per heavy atom. The molecule has 0 fully saturated rings. The van der Waals surface area contributed by atoms with Crippen LogP contribution < -0.4 is 0 Å². The number of aliphatic hydroxyl groups is 1. The molecule has 0 aliphatic heterocycles. The van der Waals surface area contributed by atoms with Gasteiger partial charge < -0.3 is 9.67 Å². The number of nitrogens with zero attached hydrogens (tertiary/aromatic N) is 3. The van der Waals surface area contributed by atoms with Crippen molar-refractivity contribution in [2.75, 3.05) is 0 Å². The molecule has 1 aromatic carbocycles. The van der Waals surface area contributed by atoms with Gasteiger partial charge in [0.1, 0.15) is 5.82 Å².